The van der Waals surface area contributed by atoms with Gasteiger partial charge in [0.25, 0.3) is 0 Å². The van der Waals surface area contributed by atoms with Crippen LogP contribution in [0.2, 0.25) is 0 Å². The lowest BCUT2D eigenvalue weighted by Gasteiger charge is -2.26. The minimum absolute atomic E-state index is 0.0560. The van der Waals surface area contributed by atoms with Gasteiger partial charge >= 0.3 is 6.03 Å². The van der Waals surface area contributed by atoms with Crippen LogP contribution >= 0.6 is 0 Å². The summed E-state index contributed by atoms with van der Waals surface area (Å²) in [5.74, 6) is 0.512. The molecule has 0 saturated heterocycles. The number of aromatic nitrogens is 3. The lowest BCUT2D eigenvalue weighted by Crippen LogP contribution is -2.56. The first-order valence-corrected chi connectivity index (χ1v) is 10.4. The van der Waals surface area contributed by atoms with Gasteiger partial charge in [-0.15, -0.1) is 5.10 Å². The maximum absolute atomic E-state index is 13.7. The van der Waals surface area contributed by atoms with Crippen molar-refractivity contribution in [1.82, 2.24) is 25.0 Å². The summed E-state index contributed by atoms with van der Waals surface area (Å²) in [5.41, 5.74) is 8.68. The third-order valence-corrected chi connectivity index (χ3v) is 6.77. The number of fused-ring (bicyclic) bond motifs is 1. The summed E-state index contributed by atoms with van der Waals surface area (Å²) in [6, 6.07) is 2.41. The maximum atomic E-state index is 13.7. The third kappa shape index (κ3) is 2.88. The van der Waals surface area contributed by atoms with Crippen LogP contribution in [-0.4, -0.2) is 51.5 Å². The van der Waals surface area contributed by atoms with Gasteiger partial charge in [-0.25, -0.2) is 28.2 Å². The molecule has 0 fully saturated rings. The molecule has 0 saturated carbocycles. The zero-order valence-corrected chi connectivity index (χ0v) is 16.9. The molecular weight excluding hydrogens is 386 g/mol. The quantitative estimate of drug-likeness (QED) is 0.723. The molecule has 0 aromatic carbocycles. The number of amides is 2. The van der Waals surface area contributed by atoms with E-state index in [0.717, 1.165) is 5.01 Å². The second kappa shape index (κ2) is 7.02. The van der Waals surface area contributed by atoms with Crippen molar-refractivity contribution in [3.8, 4) is 5.88 Å². The average molecular weight is 409 g/mol. The number of rotatable bonds is 6. The van der Waals surface area contributed by atoms with Crippen molar-refractivity contribution in [2.75, 3.05) is 6.61 Å². The minimum Gasteiger partial charge on any atom is -0.477 e. The summed E-state index contributed by atoms with van der Waals surface area (Å²) in [4.78, 5) is 18.6. The Balaban J connectivity index is 2.22. The van der Waals surface area contributed by atoms with Crippen molar-refractivity contribution < 1.29 is 17.9 Å². The van der Waals surface area contributed by atoms with Crippen molar-refractivity contribution >= 4 is 27.4 Å². The first-order valence-electron chi connectivity index (χ1n) is 8.90. The summed E-state index contributed by atoms with van der Waals surface area (Å²) >= 11 is 0. The van der Waals surface area contributed by atoms with E-state index in [-0.39, 0.29) is 28.9 Å². The van der Waals surface area contributed by atoms with Crippen LogP contribution in [-0.2, 0) is 9.84 Å². The molecule has 3 heterocycles. The van der Waals surface area contributed by atoms with Crippen LogP contribution in [0.4, 0.5) is 4.79 Å². The SMILES string of the molecule is CCOc1ccc2nc(C)c(S(=O)(=O)C3(CC)N=C(CC)N(C(N)=O)N3)n2n1. The van der Waals surface area contributed by atoms with Crippen LogP contribution in [0.3, 0.4) is 0 Å². The van der Waals surface area contributed by atoms with Crippen LogP contribution in [0, 0.1) is 6.92 Å². The molecule has 2 aromatic heterocycles. The maximum Gasteiger partial charge on any atom is 0.335 e. The number of ether oxygens (including phenoxy) is 1. The number of sulfone groups is 1. The largest absolute Gasteiger partial charge is 0.477 e. The Kier molecular flexibility index (Phi) is 5.02. The number of primary amides is 1. The fourth-order valence-electron chi connectivity index (χ4n) is 3.11. The Hall–Kier alpha value is -2.73. The van der Waals surface area contributed by atoms with Crippen LogP contribution in [0.5, 0.6) is 5.88 Å². The van der Waals surface area contributed by atoms with E-state index in [1.54, 1.807) is 39.8 Å². The highest BCUT2D eigenvalue weighted by Gasteiger charge is 2.52. The Labute approximate surface area is 162 Å². The minimum atomic E-state index is -4.17. The van der Waals surface area contributed by atoms with Gasteiger partial charge in [0.05, 0.1) is 12.3 Å². The fraction of sp³-hybridized carbons (Fsp3) is 0.500. The van der Waals surface area contributed by atoms with E-state index in [4.69, 9.17) is 10.5 Å². The number of hydrogen-bond acceptors (Lipinski definition) is 8. The normalized spacial score (nSPS) is 19.9. The van der Waals surface area contributed by atoms with Gasteiger partial charge in [-0.3, -0.25) is 0 Å². The van der Waals surface area contributed by atoms with E-state index in [2.05, 4.69) is 20.5 Å². The van der Waals surface area contributed by atoms with Crippen LogP contribution in [0.25, 0.3) is 5.65 Å². The first kappa shape index (κ1) is 20.0. The van der Waals surface area contributed by atoms with Crippen molar-refractivity contribution in [3.05, 3.63) is 17.8 Å². The second-order valence-corrected chi connectivity index (χ2v) is 8.25. The molecule has 12 heteroatoms. The van der Waals surface area contributed by atoms with Crippen molar-refractivity contribution in [2.45, 2.75) is 50.6 Å². The van der Waals surface area contributed by atoms with Gasteiger partial charge in [-0.2, -0.15) is 9.94 Å². The number of hydrazine groups is 1. The van der Waals surface area contributed by atoms with E-state index in [1.165, 1.54) is 4.52 Å². The van der Waals surface area contributed by atoms with Crippen molar-refractivity contribution in [2.24, 2.45) is 10.7 Å². The number of aryl methyl sites for hydroxylation is 1. The van der Waals surface area contributed by atoms with Crippen LogP contribution < -0.4 is 15.9 Å². The lowest BCUT2D eigenvalue weighted by molar-refractivity contribution is 0.208. The van der Waals surface area contributed by atoms with Gasteiger partial charge in [-0.1, -0.05) is 13.8 Å². The number of amidine groups is 1. The molecule has 28 heavy (non-hydrogen) atoms. The number of nitrogens with one attached hydrogen (secondary N) is 1. The van der Waals surface area contributed by atoms with Gasteiger partial charge in [0, 0.05) is 12.5 Å². The molecule has 1 aliphatic heterocycles. The molecule has 1 aliphatic rings. The monoisotopic (exact) mass is 409 g/mol. The van der Waals surface area contributed by atoms with E-state index in [9.17, 15) is 13.2 Å². The second-order valence-electron chi connectivity index (χ2n) is 6.19. The van der Waals surface area contributed by atoms with Gasteiger partial charge in [0.1, 0.15) is 5.84 Å². The summed E-state index contributed by atoms with van der Waals surface area (Å²) in [6.07, 6.45) is 0.381. The van der Waals surface area contributed by atoms with E-state index < -0.39 is 20.9 Å². The highest BCUT2D eigenvalue weighted by molar-refractivity contribution is 7.92. The molecule has 0 radical (unpaired) electrons. The number of carbonyl (C=O) groups is 1. The van der Waals surface area contributed by atoms with Crippen LogP contribution in [0.1, 0.15) is 39.3 Å². The molecule has 1 atom stereocenters. The smallest absolute Gasteiger partial charge is 0.335 e. The molecule has 0 spiro atoms. The number of imidazole rings is 1. The molecule has 0 bridgehead atoms. The zero-order chi connectivity index (χ0) is 20.7. The average Bonchev–Trinajstić information content (AvgIpc) is 3.20. The standard InChI is InChI=1S/C16H23N7O4S/c1-5-11-19-16(6-2,21-23(11)15(17)24)28(25,26)14-10(4)18-12-8-9-13(27-7-3)20-22(12)14/h8-9,21H,5-7H2,1-4H3,(H2,17,24). The molecule has 3 N–H and O–H groups in total. The molecule has 152 valence electrons. The van der Waals surface area contributed by atoms with Gasteiger partial charge in [0.2, 0.25) is 20.7 Å². The van der Waals surface area contributed by atoms with Gasteiger partial charge < -0.3 is 10.5 Å². The van der Waals surface area contributed by atoms with Crippen LogP contribution in [0.15, 0.2) is 22.2 Å². The first-order chi connectivity index (χ1) is 13.2. The van der Waals surface area contributed by atoms with Gasteiger partial charge in [0.15, 0.2) is 10.7 Å². The van der Waals surface area contributed by atoms with E-state index in [1.807, 2.05) is 0 Å². The third-order valence-electron chi connectivity index (χ3n) is 4.44. The lowest BCUT2D eigenvalue weighted by atomic mass is 10.4. The van der Waals surface area contributed by atoms with Crippen molar-refractivity contribution in [3.63, 3.8) is 0 Å². The van der Waals surface area contributed by atoms with E-state index in [0.29, 0.717) is 18.7 Å². The number of hydrogen-bond donors (Lipinski definition) is 2. The number of nitrogens with two attached hydrogens (primary N) is 1. The molecular formula is C16H23N7O4S. The topological polar surface area (TPSA) is 144 Å². The van der Waals surface area contributed by atoms with E-state index >= 15 is 0 Å². The molecule has 2 amide bonds. The predicted octanol–water partition coefficient (Wildman–Crippen LogP) is 0.981. The highest BCUT2D eigenvalue weighted by Crippen LogP contribution is 2.34. The highest BCUT2D eigenvalue weighted by atomic mass is 32.2. The number of nitrogens with zero attached hydrogens (tertiary/aromatic N) is 5. The number of carbonyl (C=O) groups excluding carboxylic acids is 1. The van der Waals surface area contributed by atoms with Crippen molar-refractivity contribution in [1.29, 1.82) is 0 Å². The number of urea groups is 1. The predicted molar refractivity (Wildman–Crippen MR) is 101 cm³/mol. The molecule has 11 nitrogen and oxygen atoms in total. The Bertz CT molecular complexity index is 1060. The Morgan fingerprint density at radius 1 is 1.32 bits per heavy atom. The molecule has 1 unspecified atom stereocenters. The van der Waals surface area contributed by atoms with Gasteiger partial charge in [-0.05, 0) is 26.3 Å². The molecule has 3 rings (SSSR count). The Morgan fingerprint density at radius 3 is 2.57 bits per heavy atom. The molecule has 2 aromatic rings. The summed E-state index contributed by atoms with van der Waals surface area (Å²) in [5, 5.41) is 5.10. The summed E-state index contributed by atoms with van der Waals surface area (Å²) in [7, 11) is -4.17. The Morgan fingerprint density at radius 2 is 2.04 bits per heavy atom. The summed E-state index contributed by atoms with van der Waals surface area (Å²) in [6.45, 7) is 7.17. The fourth-order valence-corrected chi connectivity index (χ4v) is 5.04. The molecule has 0 aliphatic carbocycles. The summed E-state index contributed by atoms with van der Waals surface area (Å²) < 4.78 is 34.0. The zero-order valence-electron chi connectivity index (χ0n) is 16.1. The number of aliphatic imine (C=N–C) groups is 1.